The molecular weight excluding hydrogens is 336 g/mol. The second-order valence-electron chi connectivity index (χ2n) is 5.32. The monoisotopic (exact) mass is 354 g/mol. The van der Waals surface area contributed by atoms with E-state index < -0.39 is 0 Å². The SMILES string of the molecule is Cc1csc(-c2cccc(C(=O)NOCCOc3ccccc3)c2)n1. The minimum atomic E-state index is -0.296. The molecular formula is C19H18N2O3S. The Bertz CT molecular complexity index is 833. The third kappa shape index (κ3) is 4.89. The number of carbonyl (C=O) groups excluding carboxylic acids is 1. The number of nitrogens with one attached hydrogen (secondary N) is 1. The summed E-state index contributed by atoms with van der Waals surface area (Å²) in [6, 6.07) is 16.8. The molecule has 25 heavy (non-hydrogen) atoms. The molecule has 128 valence electrons. The van der Waals surface area contributed by atoms with Crippen LogP contribution in [0.5, 0.6) is 5.75 Å². The molecule has 3 aromatic rings. The number of para-hydroxylation sites is 1. The number of hydroxylamine groups is 1. The molecule has 0 fully saturated rings. The van der Waals surface area contributed by atoms with E-state index in [-0.39, 0.29) is 12.5 Å². The quantitative estimate of drug-likeness (QED) is 0.517. The van der Waals surface area contributed by atoms with Gasteiger partial charge in [0.15, 0.2) is 0 Å². The number of thiazole rings is 1. The van der Waals surface area contributed by atoms with Crippen molar-refractivity contribution >= 4 is 17.2 Å². The van der Waals surface area contributed by atoms with E-state index in [0.29, 0.717) is 12.2 Å². The van der Waals surface area contributed by atoms with Crippen LogP contribution < -0.4 is 10.2 Å². The number of hydrogen-bond donors (Lipinski definition) is 1. The van der Waals surface area contributed by atoms with E-state index >= 15 is 0 Å². The minimum Gasteiger partial charge on any atom is -0.491 e. The summed E-state index contributed by atoms with van der Waals surface area (Å²) >= 11 is 1.55. The molecule has 3 rings (SSSR count). The predicted octanol–water partition coefficient (Wildman–Crippen LogP) is 3.86. The molecule has 0 bridgehead atoms. The molecule has 0 spiro atoms. The Morgan fingerprint density at radius 1 is 1.12 bits per heavy atom. The van der Waals surface area contributed by atoms with Crippen molar-refractivity contribution in [1.29, 1.82) is 0 Å². The molecule has 0 saturated carbocycles. The van der Waals surface area contributed by atoms with Crippen LogP contribution in [0.3, 0.4) is 0 Å². The minimum absolute atomic E-state index is 0.256. The summed E-state index contributed by atoms with van der Waals surface area (Å²) in [4.78, 5) is 21.8. The van der Waals surface area contributed by atoms with Gasteiger partial charge in [0.1, 0.15) is 24.0 Å². The zero-order chi connectivity index (χ0) is 17.5. The van der Waals surface area contributed by atoms with Crippen molar-refractivity contribution < 1.29 is 14.4 Å². The van der Waals surface area contributed by atoms with Crippen LogP contribution in [0.25, 0.3) is 10.6 Å². The number of hydrogen-bond acceptors (Lipinski definition) is 5. The number of rotatable bonds is 7. The van der Waals surface area contributed by atoms with Gasteiger partial charge in [0.05, 0.1) is 0 Å². The molecule has 0 atom stereocenters. The van der Waals surface area contributed by atoms with Gasteiger partial charge in [-0.1, -0.05) is 30.3 Å². The van der Waals surface area contributed by atoms with Crippen LogP contribution in [0.4, 0.5) is 0 Å². The van der Waals surface area contributed by atoms with Gasteiger partial charge in [-0.3, -0.25) is 9.63 Å². The Hall–Kier alpha value is -2.70. The summed E-state index contributed by atoms with van der Waals surface area (Å²) in [6.07, 6.45) is 0. The lowest BCUT2D eigenvalue weighted by molar-refractivity contribution is 0.0200. The molecule has 0 aliphatic heterocycles. The lowest BCUT2D eigenvalue weighted by Gasteiger charge is -2.08. The Morgan fingerprint density at radius 2 is 1.96 bits per heavy atom. The van der Waals surface area contributed by atoms with Crippen LogP contribution in [0.2, 0.25) is 0 Å². The topological polar surface area (TPSA) is 60.5 Å². The zero-order valence-electron chi connectivity index (χ0n) is 13.8. The highest BCUT2D eigenvalue weighted by molar-refractivity contribution is 7.13. The summed E-state index contributed by atoms with van der Waals surface area (Å²) in [5.41, 5.74) is 4.84. The fourth-order valence-electron chi connectivity index (χ4n) is 2.17. The maximum absolute atomic E-state index is 12.2. The number of aryl methyl sites for hydroxylation is 1. The first-order chi connectivity index (χ1) is 12.2. The second kappa shape index (κ2) is 8.41. The standard InChI is InChI=1S/C19H18N2O3S/c1-14-13-25-19(20-14)16-7-5-6-15(12-16)18(22)21-24-11-10-23-17-8-3-2-4-9-17/h2-9,12-13H,10-11H2,1H3,(H,21,22). The molecule has 0 radical (unpaired) electrons. The number of aromatic nitrogens is 1. The maximum Gasteiger partial charge on any atom is 0.274 e. The third-order valence-corrected chi connectivity index (χ3v) is 4.36. The van der Waals surface area contributed by atoms with Gasteiger partial charge in [0, 0.05) is 22.2 Å². The highest BCUT2D eigenvalue weighted by Crippen LogP contribution is 2.24. The number of ether oxygens (including phenoxy) is 1. The molecule has 1 N–H and O–H groups in total. The van der Waals surface area contributed by atoms with Crippen LogP contribution in [0, 0.1) is 6.92 Å². The zero-order valence-corrected chi connectivity index (χ0v) is 14.6. The van der Waals surface area contributed by atoms with Gasteiger partial charge in [0.2, 0.25) is 0 Å². The van der Waals surface area contributed by atoms with Gasteiger partial charge in [-0.15, -0.1) is 11.3 Å². The van der Waals surface area contributed by atoms with E-state index in [1.165, 1.54) is 0 Å². The molecule has 0 aliphatic carbocycles. The van der Waals surface area contributed by atoms with Gasteiger partial charge in [0.25, 0.3) is 5.91 Å². The highest BCUT2D eigenvalue weighted by Gasteiger charge is 2.09. The summed E-state index contributed by atoms with van der Waals surface area (Å²) in [6.45, 7) is 2.55. The van der Waals surface area contributed by atoms with Crippen molar-refractivity contribution in [2.24, 2.45) is 0 Å². The van der Waals surface area contributed by atoms with Crippen molar-refractivity contribution in [3.05, 3.63) is 71.2 Å². The summed E-state index contributed by atoms with van der Waals surface area (Å²) in [5.74, 6) is 0.471. The first-order valence-electron chi connectivity index (χ1n) is 7.85. The maximum atomic E-state index is 12.2. The van der Waals surface area contributed by atoms with E-state index in [0.717, 1.165) is 22.0 Å². The molecule has 1 amide bonds. The Labute approximate surface area is 150 Å². The average Bonchev–Trinajstić information content (AvgIpc) is 3.09. The Kier molecular flexibility index (Phi) is 5.77. The Morgan fingerprint density at radius 3 is 2.72 bits per heavy atom. The fraction of sp³-hybridized carbons (Fsp3) is 0.158. The van der Waals surface area contributed by atoms with Crippen LogP contribution in [0.15, 0.2) is 60.0 Å². The van der Waals surface area contributed by atoms with Crippen LogP contribution >= 0.6 is 11.3 Å². The van der Waals surface area contributed by atoms with E-state index in [4.69, 9.17) is 9.57 Å². The third-order valence-electron chi connectivity index (χ3n) is 3.35. The average molecular weight is 354 g/mol. The normalized spacial score (nSPS) is 10.4. The van der Waals surface area contributed by atoms with Gasteiger partial charge >= 0.3 is 0 Å². The summed E-state index contributed by atoms with van der Waals surface area (Å²) < 4.78 is 5.49. The lowest BCUT2D eigenvalue weighted by Crippen LogP contribution is -2.26. The molecule has 0 aliphatic rings. The van der Waals surface area contributed by atoms with E-state index in [9.17, 15) is 4.79 Å². The lowest BCUT2D eigenvalue weighted by atomic mass is 10.1. The first-order valence-corrected chi connectivity index (χ1v) is 8.73. The fourth-order valence-corrected chi connectivity index (χ4v) is 2.97. The number of carbonyl (C=O) groups is 1. The summed E-state index contributed by atoms with van der Waals surface area (Å²) in [5, 5.41) is 2.88. The first kappa shape index (κ1) is 17.1. The molecule has 2 aromatic carbocycles. The van der Waals surface area contributed by atoms with E-state index in [1.807, 2.05) is 54.8 Å². The Balaban J connectivity index is 1.48. The second-order valence-corrected chi connectivity index (χ2v) is 6.17. The van der Waals surface area contributed by atoms with Crippen molar-refractivity contribution in [1.82, 2.24) is 10.5 Å². The van der Waals surface area contributed by atoms with Gasteiger partial charge < -0.3 is 4.74 Å². The summed E-state index contributed by atoms with van der Waals surface area (Å²) in [7, 11) is 0. The molecule has 0 saturated heterocycles. The highest BCUT2D eigenvalue weighted by atomic mass is 32.1. The van der Waals surface area contributed by atoms with E-state index in [2.05, 4.69) is 10.5 Å². The van der Waals surface area contributed by atoms with Gasteiger partial charge in [-0.05, 0) is 31.2 Å². The number of benzene rings is 2. The molecule has 5 nitrogen and oxygen atoms in total. The largest absolute Gasteiger partial charge is 0.491 e. The number of nitrogens with zero attached hydrogens (tertiary/aromatic N) is 1. The molecule has 0 unspecified atom stereocenters. The van der Waals surface area contributed by atoms with Crippen molar-refractivity contribution in [2.45, 2.75) is 6.92 Å². The molecule has 6 heteroatoms. The smallest absolute Gasteiger partial charge is 0.274 e. The van der Waals surface area contributed by atoms with Crippen molar-refractivity contribution in [2.75, 3.05) is 13.2 Å². The van der Waals surface area contributed by atoms with Gasteiger partial charge in [-0.25, -0.2) is 10.5 Å². The molecule has 1 heterocycles. The van der Waals surface area contributed by atoms with Crippen LogP contribution in [-0.4, -0.2) is 24.1 Å². The van der Waals surface area contributed by atoms with Crippen molar-refractivity contribution in [3.63, 3.8) is 0 Å². The van der Waals surface area contributed by atoms with Crippen molar-refractivity contribution in [3.8, 4) is 16.3 Å². The van der Waals surface area contributed by atoms with Crippen LogP contribution in [0.1, 0.15) is 16.1 Å². The predicted molar refractivity (Wildman–Crippen MR) is 97.6 cm³/mol. The van der Waals surface area contributed by atoms with Crippen LogP contribution in [-0.2, 0) is 4.84 Å². The number of amides is 1. The molecule has 1 aromatic heterocycles. The van der Waals surface area contributed by atoms with Gasteiger partial charge in [-0.2, -0.15) is 0 Å². The van der Waals surface area contributed by atoms with E-state index in [1.54, 1.807) is 23.5 Å².